The number of pyridine rings is 1. The fourth-order valence-electron chi connectivity index (χ4n) is 4.80. The fraction of sp³-hybridized carbons (Fsp3) is 0.385. The second kappa shape index (κ2) is 10.1. The predicted molar refractivity (Wildman–Crippen MR) is 135 cm³/mol. The number of morpholine rings is 1. The van der Waals surface area contributed by atoms with E-state index in [0.717, 1.165) is 98.7 Å². The fourth-order valence-corrected chi connectivity index (χ4v) is 4.80. The van der Waals surface area contributed by atoms with E-state index in [1.54, 1.807) is 6.33 Å². The number of rotatable bonds is 6. The van der Waals surface area contributed by atoms with Crippen LogP contribution in [0.5, 0.6) is 0 Å². The van der Waals surface area contributed by atoms with Crippen molar-refractivity contribution in [3.63, 3.8) is 0 Å². The summed E-state index contributed by atoms with van der Waals surface area (Å²) in [4.78, 5) is 26.6. The molecule has 2 aliphatic heterocycles. The SMILES string of the molecule is c1cc(CN2CCNCC2)cc(Cc2nc3ccc(-c4cc(N5CCOCC5)ncn4)cc3[nH]2)n1. The zero-order chi connectivity index (χ0) is 23.5. The Morgan fingerprint density at radius 1 is 0.914 bits per heavy atom. The van der Waals surface area contributed by atoms with E-state index in [0.29, 0.717) is 6.42 Å². The zero-order valence-electron chi connectivity index (χ0n) is 19.8. The van der Waals surface area contributed by atoms with Gasteiger partial charge in [0.1, 0.15) is 18.0 Å². The monoisotopic (exact) mass is 470 g/mol. The van der Waals surface area contributed by atoms with E-state index in [4.69, 9.17) is 9.72 Å². The molecule has 2 fully saturated rings. The normalized spacial score (nSPS) is 17.2. The van der Waals surface area contributed by atoms with Gasteiger partial charge in [-0.2, -0.15) is 0 Å². The maximum Gasteiger partial charge on any atom is 0.132 e. The van der Waals surface area contributed by atoms with Crippen molar-refractivity contribution in [2.75, 3.05) is 57.4 Å². The van der Waals surface area contributed by atoms with Gasteiger partial charge in [-0.15, -0.1) is 0 Å². The standard InChI is InChI=1S/C26H30N8O/c1-2-22-24(14-20(1)23-16-26(30-18-29-23)34-9-11-35-12-10-34)32-25(31-22)15-21-13-19(3-4-28-21)17-33-7-5-27-6-8-33/h1-4,13-14,16,18,27H,5-12,15,17H2,(H,31,32). The highest BCUT2D eigenvalue weighted by atomic mass is 16.5. The lowest BCUT2D eigenvalue weighted by Crippen LogP contribution is -2.42. The molecule has 9 heteroatoms. The molecule has 180 valence electrons. The van der Waals surface area contributed by atoms with Crippen molar-refractivity contribution in [3.05, 3.63) is 66.0 Å². The Morgan fingerprint density at radius 2 is 1.80 bits per heavy atom. The number of anilines is 1. The molecule has 35 heavy (non-hydrogen) atoms. The number of hydrogen-bond donors (Lipinski definition) is 2. The van der Waals surface area contributed by atoms with E-state index < -0.39 is 0 Å². The molecule has 0 radical (unpaired) electrons. The predicted octanol–water partition coefficient (Wildman–Crippen LogP) is 2.25. The molecule has 2 saturated heterocycles. The number of nitrogens with zero attached hydrogens (tertiary/aromatic N) is 6. The average molecular weight is 471 g/mol. The molecule has 0 spiro atoms. The third-order valence-corrected chi connectivity index (χ3v) is 6.66. The first-order valence-corrected chi connectivity index (χ1v) is 12.3. The van der Waals surface area contributed by atoms with Gasteiger partial charge in [0.25, 0.3) is 0 Å². The van der Waals surface area contributed by atoms with Crippen LogP contribution in [0.25, 0.3) is 22.3 Å². The summed E-state index contributed by atoms with van der Waals surface area (Å²) < 4.78 is 5.46. The van der Waals surface area contributed by atoms with Crippen LogP contribution in [0.3, 0.4) is 0 Å². The third kappa shape index (κ3) is 5.17. The largest absolute Gasteiger partial charge is 0.378 e. The first kappa shape index (κ1) is 22.1. The van der Waals surface area contributed by atoms with Crippen LogP contribution in [0.15, 0.2) is 48.9 Å². The molecular weight excluding hydrogens is 440 g/mol. The van der Waals surface area contributed by atoms with E-state index >= 15 is 0 Å². The van der Waals surface area contributed by atoms with Gasteiger partial charge in [0, 0.05) is 75.8 Å². The molecule has 9 nitrogen and oxygen atoms in total. The molecule has 0 saturated carbocycles. The smallest absolute Gasteiger partial charge is 0.132 e. The van der Waals surface area contributed by atoms with E-state index in [1.807, 2.05) is 6.20 Å². The third-order valence-electron chi connectivity index (χ3n) is 6.66. The highest BCUT2D eigenvalue weighted by Crippen LogP contribution is 2.25. The lowest BCUT2D eigenvalue weighted by molar-refractivity contribution is 0.122. The molecule has 1 aromatic carbocycles. The maximum absolute atomic E-state index is 5.46. The topological polar surface area (TPSA) is 95.1 Å². The highest BCUT2D eigenvalue weighted by Gasteiger charge is 2.15. The van der Waals surface area contributed by atoms with Gasteiger partial charge >= 0.3 is 0 Å². The number of benzene rings is 1. The summed E-state index contributed by atoms with van der Waals surface area (Å²) in [5.41, 5.74) is 6.23. The minimum Gasteiger partial charge on any atom is -0.378 e. The number of aromatic nitrogens is 5. The van der Waals surface area contributed by atoms with Crippen LogP contribution in [0.4, 0.5) is 5.82 Å². The molecule has 2 N–H and O–H groups in total. The summed E-state index contributed by atoms with van der Waals surface area (Å²) in [7, 11) is 0. The van der Waals surface area contributed by atoms with Crippen LogP contribution in [0.1, 0.15) is 17.1 Å². The second-order valence-corrected chi connectivity index (χ2v) is 9.13. The van der Waals surface area contributed by atoms with Crippen LogP contribution in [-0.4, -0.2) is 82.3 Å². The molecule has 6 rings (SSSR count). The Kier molecular flexibility index (Phi) is 6.35. The Labute approximate surface area is 204 Å². The summed E-state index contributed by atoms with van der Waals surface area (Å²) in [5, 5.41) is 3.41. The van der Waals surface area contributed by atoms with E-state index in [9.17, 15) is 0 Å². The highest BCUT2D eigenvalue weighted by molar-refractivity contribution is 5.81. The Balaban J connectivity index is 1.19. The second-order valence-electron chi connectivity index (χ2n) is 9.13. The average Bonchev–Trinajstić information content (AvgIpc) is 3.31. The molecule has 5 heterocycles. The van der Waals surface area contributed by atoms with Gasteiger partial charge in [-0.05, 0) is 29.8 Å². The number of imidazole rings is 1. The molecule has 4 aromatic rings. The first-order valence-electron chi connectivity index (χ1n) is 12.3. The Morgan fingerprint density at radius 3 is 2.69 bits per heavy atom. The van der Waals surface area contributed by atoms with Crippen molar-refractivity contribution in [3.8, 4) is 11.3 Å². The van der Waals surface area contributed by atoms with Crippen LogP contribution >= 0.6 is 0 Å². The molecule has 2 aliphatic rings. The van der Waals surface area contributed by atoms with Gasteiger partial charge in [-0.1, -0.05) is 6.07 Å². The quantitative estimate of drug-likeness (QED) is 0.443. The minimum absolute atomic E-state index is 0.675. The van der Waals surface area contributed by atoms with Crippen LogP contribution in [0.2, 0.25) is 0 Å². The number of ether oxygens (including phenoxy) is 1. The van der Waals surface area contributed by atoms with Crippen LogP contribution in [-0.2, 0) is 17.7 Å². The molecular formula is C26H30N8O. The van der Waals surface area contributed by atoms with Crippen molar-refractivity contribution in [1.82, 2.24) is 35.1 Å². The number of hydrogen-bond acceptors (Lipinski definition) is 8. The lowest BCUT2D eigenvalue weighted by Gasteiger charge is -2.27. The Bertz CT molecular complexity index is 1290. The van der Waals surface area contributed by atoms with E-state index in [2.05, 4.69) is 71.5 Å². The molecule has 0 atom stereocenters. The maximum atomic E-state index is 5.46. The van der Waals surface area contributed by atoms with Gasteiger partial charge in [0.2, 0.25) is 0 Å². The number of piperazine rings is 1. The van der Waals surface area contributed by atoms with E-state index in [-0.39, 0.29) is 0 Å². The van der Waals surface area contributed by atoms with Gasteiger partial charge < -0.3 is 19.9 Å². The molecule has 0 aliphatic carbocycles. The molecule has 0 unspecified atom stereocenters. The van der Waals surface area contributed by atoms with Crippen molar-refractivity contribution >= 4 is 16.9 Å². The molecule has 0 bridgehead atoms. The van der Waals surface area contributed by atoms with Crippen LogP contribution < -0.4 is 10.2 Å². The summed E-state index contributed by atoms with van der Waals surface area (Å²) >= 11 is 0. The van der Waals surface area contributed by atoms with Crippen LogP contribution in [0, 0.1) is 0 Å². The number of H-pyrrole nitrogens is 1. The van der Waals surface area contributed by atoms with Crippen molar-refractivity contribution in [2.45, 2.75) is 13.0 Å². The summed E-state index contributed by atoms with van der Waals surface area (Å²) in [6.07, 6.45) is 4.23. The first-order chi connectivity index (χ1) is 17.3. The molecule has 3 aromatic heterocycles. The zero-order valence-corrected chi connectivity index (χ0v) is 19.8. The van der Waals surface area contributed by atoms with Gasteiger partial charge in [0.15, 0.2) is 0 Å². The van der Waals surface area contributed by atoms with Crippen molar-refractivity contribution in [2.24, 2.45) is 0 Å². The van der Waals surface area contributed by atoms with Gasteiger partial charge in [0.05, 0.1) is 29.9 Å². The summed E-state index contributed by atoms with van der Waals surface area (Å²) in [5.74, 6) is 1.86. The number of nitrogens with one attached hydrogen (secondary N) is 2. The number of aromatic amines is 1. The summed E-state index contributed by atoms with van der Waals surface area (Å²) in [6, 6.07) is 12.6. The lowest BCUT2D eigenvalue weighted by atomic mass is 10.1. The van der Waals surface area contributed by atoms with Crippen molar-refractivity contribution in [1.29, 1.82) is 0 Å². The molecule has 0 amide bonds. The summed E-state index contributed by atoms with van der Waals surface area (Å²) in [6.45, 7) is 8.42. The Hall–Kier alpha value is -3.40. The van der Waals surface area contributed by atoms with Crippen molar-refractivity contribution < 1.29 is 4.74 Å². The van der Waals surface area contributed by atoms with Gasteiger partial charge in [-0.25, -0.2) is 15.0 Å². The van der Waals surface area contributed by atoms with E-state index in [1.165, 1.54) is 5.56 Å². The minimum atomic E-state index is 0.675. The number of fused-ring (bicyclic) bond motifs is 1. The van der Waals surface area contributed by atoms with Gasteiger partial charge in [-0.3, -0.25) is 9.88 Å².